The monoisotopic (exact) mass is 270 g/mol. The van der Waals surface area contributed by atoms with Gasteiger partial charge >= 0.3 is 0 Å². The van der Waals surface area contributed by atoms with Crippen LogP contribution in [0.5, 0.6) is 0 Å². The van der Waals surface area contributed by atoms with Crippen LogP contribution in [0.1, 0.15) is 34.6 Å². The van der Waals surface area contributed by atoms with Gasteiger partial charge in [0.15, 0.2) is 0 Å². The van der Waals surface area contributed by atoms with Gasteiger partial charge in [0, 0.05) is 11.1 Å². The Labute approximate surface area is 118 Å². The highest BCUT2D eigenvalue weighted by molar-refractivity contribution is 5.98. The maximum absolute atomic E-state index is 11.7. The van der Waals surface area contributed by atoms with E-state index in [-0.39, 0.29) is 11.8 Å². The molecule has 2 aromatic rings. The van der Waals surface area contributed by atoms with Crippen LogP contribution in [0.25, 0.3) is 0 Å². The molecule has 104 valence electrons. The van der Waals surface area contributed by atoms with Gasteiger partial charge in [-0.3, -0.25) is 20.4 Å². The quantitative estimate of drug-likeness (QED) is 0.824. The van der Waals surface area contributed by atoms with Crippen LogP contribution in [0, 0.1) is 0 Å². The molecule has 0 fully saturated rings. The smallest absolute Gasteiger partial charge is 0.267 e. The molecule has 0 aliphatic carbocycles. The van der Waals surface area contributed by atoms with E-state index in [0.717, 1.165) is 0 Å². The van der Waals surface area contributed by atoms with Crippen molar-refractivity contribution in [3.05, 3.63) is 71.8 Å². The topological polar surface area (TPSA) is 58.2 Å². The second-order valence-electron chi connectivity index (χ2n) is 3.64. The Morgan fingerprint density at radius 1 is 0.650 bits per heavy atom. The van der Waals surface area contributed by atoms with Crippen LogP contribution >= 0.6 is 0 Å². The van der Waals surface area contributed by atoms with E-state index in [1.54, 1.807) is 48.5 Å². The molecular formula is C16H18N2O2. The van der Waals surface area contributed by atoms with Gasteiger partial charge < -0.3 is 0 Å². The summed E-state index contributed by atoms with van der Waals surface area (Å²) in [4.78, 5) is 23.3. The minimum atomic E-state index is -0.347. The number of carbonyl (C=O) groups is 2. The largest absolute Gasteiger partial charge is 0.269 e. The fourth-order valence-corrected chi connectivity index (χ4v) is 1.44. The molecule has 0 spiro atoms. The summed E-state index contributed by atoms with van der Waals surface area (Å²) in [6.07, 6.45) is 0. The number of hydrazine groups is 1. The fourth-order valence-electron chi connectivity index (χ4n) is 1.44. The molecule has 0 unspecified atom stereocenters. The number of amides is 2. The first-order valence-corrected chi connectivity index (χ1v) is 6.48. The molecule has 0 saturated carbocycles. The average Bonchev–Trinajstić information content (AvgIpc) is 2.55. The molecule has 0 aliphatic rings. The van der Waals surface area contributed by atoms with E-state index in [4.69, 9.17) is 0 Å². The van der Waals surface area contributed by atoms with Crippen LogP contribution in [0.15, 0.2) is 60.7 Å². The molecule has 4 heteroatoms. The van der Waals surface area contributed by atoms with Crippen molar-refractivity contribution in [2.45, 2.75) is 13.8 Å². The predicted octanol–water partition coefficient (Wildman–Crippen LogP) is 2.79. The zero-order valence-corrected chi connectivity index (χ0v) is 11.6. The van der Waals surface area contributed by atoms with Crippen molar-refractivity contribution >= 4 is 11.8 Å². The lowest BCUT2D eigenvalue weighted by molar-refractivity contribution is 0.0846. The van der Waals surface area contributed by atoms with Gasteiger partial charge in [-0.25, -0.2) is 0 Å². The summed E-state index contributed by atoms with van der Waals surface area (Å²) in [7, 11) is 0. The second kappa shape index (κ2) is 8.48. The summed E-state index contributed by atoms with van der Waals surface area (Å²) in [5.41, 5.74) is 5.70. The Morgan fingerprint density at radius 2 is 0.950 bits per heavy atom. The average molecular weight is 270 g/mol. The summed E-state index contributed by atoms with van der Waals surface area (Å²) in [6.45, 7) is 4.00. The van der Waals surface area contributed by atoms with Crippen molar-refractivity contribution in [1.29, 1.82) is 0 Å². The van der Waals surface area contributed by atoms with Gasteiger partial charge in [-0.05, 0) is 24.3 Å². The van der Waals surface area contributed by atoms with E-state index < -0.39 is 0 Å². The van der Waals surface area contributed by atoms with Crippen LogP contribution in [-0.4, -0.2) is 11.8 Å². The van der Waals surface area contributed by atoms with Crippen molar-refractivity contribution in [3.8, 4) is 0 Å². The lowest BCUT2D eigenvalue weighted by Gasteiger charge is -2.07. The minimum absolute atomic E-state index is 0.347. The minimum Gasteiger partial charge on any atom is -0.267 e. The van der Waals surface area contributed by atoms with E-state index in [1.165, 1.54) is 0 Å². The van der Waals surface area contributed by atoms with Crippen LogP contribution in [0.2, 0.25) is 0 Å². The molecule has 0 aliphatic heterocycles. The molecule has 2 rings (SSSR count). The highest BCUT2D eigenvalue weighted by atomic mass is 16.2. The molecular weight excluding hydrogens is 252 g/mol. The van der Waals surface area contributed by atoms with Gasteiger partial charge in [-0.15, -0.1) is 0 Å². The normalized spacial score (nSPS) is 8.90. The fraction of sp³-hybridized carbons (Fsp3) is 0.125. The van der Waals surface area contributed by atoms with E-state index in [1.807, 2.05) is 26.0 Å². The predicted molar refractivity (Wildman–Crippen MR) is 79.2 cm³/mol. The maximum atomic E-state index is 11.7. The Hall–Kier alpha value is -2.62. The number of carbonyl (C=O) groups excluding carboxylic acids is 2. The van der Waals surface area contributed by atoms with Gasteiger partial charge in [-0.2, -0.15) is 0 Å². The number of benzene rings is 2. The molecule has 2 N–H and O–H groups in total. The molecule has 0 aromatic heterocycles. The SMILES string of the molecule is CC.O=C(NNC(=O)c1ccccc1)c1ccccc1. The van der Waals surface area contributed by atoms with Crippen LogP contribution in [0.3, 0.4) is 0 Å². The Kier molecular flexibility index (Phi) is 6.54. The van der Waals surface area contributed by atoms with Crippen molar-refractivity contribution in [2.24, 2.45) is 0 Å². The van der Waals surface area contributed by atoms with Crippen LogP contribution in [0.4, 0.5) is 0 Å². The van der Waals surface area contributed by atoms with E-state index in [0.29, 0.717) is 11.1 Å². The van der Waals surface area contributed by atoms with Gasteiger partial charge in [-0.1, -0.05) is 50.2 Å². The Bertz CT molecular complexity index is 487. The first-order chi connectivity index (χ1) is 9.77. The Morgan fingerprint density at radius 3 is 1.25 bits per heavy atom. The number of hydrogen-bond donors (Lipinski definition) is 2. The summed E-state index contributed by atoms with van der Waals surface area (Å²) >= 11 is 0. The molecule has 2 aromatic carbocycles. The third-order valence-corrected chi connectivity index (χ3v) is 2.36. The maximum Gasteiger partial charge on any atom is 0.269 e. The third-order valence-electron chi connectivity index (χ3n) is 2.36. The summed E-state index contributed by atoms with van der Waals surface area (Å²) in [6, 6.07) is 17.4. The molecule has 4 nitrogen and oxygen atoms in total. The van der Waals surface area contributed by atoms with E-state index in [2.05, 4.69) is 10.9 Å². The summed E-state index contributed by atoms with van der Waals surface area (Å²) < 4.78 is 0. The molecule has 20 heavy (non-hydrogen) atoms. The van der Waals surface area contributed by atoms with Crippen LogP contribution in [-0.2, 0) is 0 Å². The third kappa shape index (κ3) is 4.57. The lowest BCUT2D eigenvalue weighted by Crippen LogP contribution is -2.41. The Balaban J connectivity index is 0.000000956. The molecule has 0 saturated heterocycles. The number of nitrogens with one attached hydrogen (secondary N) is 2. The summed E-state index contributed by atoms with van der Waals surface area (Å²) in [5.74, 6) is -0.695. The van der Waals surface area contributed by atoms with Crippen molar-refractivity contribution < 1.29 is 9.59 Å². The van der Waals surface area contributed by atoms with E-state index >= 15 is 0 Å². The molecule has 0 heterocycles. The molecule has 2 amide bonds. The molecule has 0 atom stereocenters. The first-order valence-electron chi connectivity index (χ1n) is 6.48. The molecule has 0 bridgehead atoms. The number of rotatable bonds is 2. The van der Waals surface area contributed by atoms with Gasteiger partial charge in [0.1, 0.15) is 0 Å². The second-order valence-corrected chi connectivity index (χ2v) is 3.64. The number of hydrogen-bond acceptors (Lipinski definition) is 2. The summed E-state index contributed by atoms with van der Waals surface area (Å²) in [5, 5.41) is 0. The van der Waals surface area contributed by atoms with Gasteiger partial charge in [0.05, 0.1) is 0 Å². The molecule has 0 radical (unpaired) electrons. The first kappa shape index (κ1) is 15.4. The highest BCUT2D eigenvalue weighted by Crippen LogP contribution is 1.98. The highest BCUT2D eigenvalue weighted by Gasteiger charge is 2.07. The zero-order chi connectivity index (χ0) is 14.8. The van der Waals surface area contributed by atoms with Crippen LogP contribution < -0.4 is 10.9 Å². The van der Waals surface area contributed by atoms with Crippen molar-refractivity contribution in [3.63, 3.8) is 0 Å². The lowest BCUT2D eigenvalue weighted by atomic mass is 10.2. The van der Waals surface area contributed by atoms with E-state index in [9.17, 15) is 9.59 Å². The van der Waals surface area contributed by atoms with Gasteiger partial charge in [0.2, 0.25) is 0 Å². The van der Waals surface area contributed by atoms with Crippen molar-refractivity contribution in [2.75, 3.05) is 0 Å². The zero-order valence-electron chi connectivity index (χ0n) is 11.6. The van der Waals surface area contributed by atoms with Crippen molar-refractivity contribution in [1.82, 2.24) is 10.9 Å². The van der Waals surface area contributed by atoms with Gasteiger partial charge in [0.25, 0.3) is 11.8 Å². The standard InChI is InChI=1S/C14H12N2O2.C2H6/c17-13(11-7-3-1-4-8-11)15-16-14(18)12-9-5-2-6-10-12;1-2/h1-10H,(H,15,17)(H,16,18);1-2H3.